The number of halogens is 3. The van der Waals surface area contributed by atoms with Gasteiger partial charge >= 0.3 is 6.18 Å². The number of benzene rings is 2. The second-order valence-electron chi connectivity index (χ2n) is 7.66. The quantitative estimate of drug-likeness (QED) is 0.732. The zero-order valence-electron chi connectivity index (χ0n) is 16.3. The summed E-state index contributed by atoms with van der Waals surface area (Å²) in [5, 5.41) is 12.8. The van der Waals surface area contributed by atoms with Crippen LogP contribution in [0.3, 0.4) is 0 Å². The molecular weight excluding hydrogens is 383 g/mol. The number of hydrogen-bond donors (Lipinski definition) is 2. The van der Waals surface area contributed by atoms with Gasteiger partial charge in [-0.1, -0.05) is 35.4 Å². The summed E-state index contributed by atoms with van der Waals surface area (Å²) in [4.78, 5) is 12.7. The molecule has 4 nitrogen and oxygen atoms in total. The first-order chi connectivity index (χ1) is 13.6. The minimum atomic E-state index is -4.46. The maximum Gasteiger partial charge on any atom is 0.416 e. The van der Waals surface area contributed by atoms with Crippen molar-refractivity contribution >= 4 is 5.91 Å². The molecule has 1 saturated carbocycles. The van der Waals surface area contributed by atoms with Gasteiger partial charge in [-0.25, -0.2) is 0 Å². The molecule has 0 bridgehead atoms. The second-order valence-corrected chi connectivity index (χ2v) is 7.66. The van der Waals surface area contributed by atoms with E-state index in [9.17, 15) is 23.1 Å². The summed E-state index contributed by atoms with van der Waals surface area (Å²) in [6, 6.07) is 10.5. The largest absolute Gasteiger partial charge is 0.491 e. The highest BCUT2D eigenvalue weighted by Crippen LogP contribution is 2.48. The SMILES string of the molecule is Cc1cc(C)cc(C2(C(=O)NCC(O)COc3cccc(C(F)(F)F)c3)CC2)c1. The Kier molecular flexibility index (Phi) is 5.89. The van der Waals surface area contributed by atoms with Crippen molar-refractivity contribution in [3.63, 3.8) is 0 Å². The summed E-state index contributed by atoms with van der Waals surface area (Å²) < 4.78 is 43.4. The lowest BCUT2D eigenvalue weighted by Crippen LogP contribution is -2.40. The molecule has 2 aromatic rings. The number of nitrogens with one attached hydrogen (secondary N) is 1. The van der Waals surface area contributed by atoms with Crippen LogP contribution < -0.4 is 10.1 Å². The van der Waals surface area contributed by atoms with Crippen molar-refractivity contribution in [1.29, 1.82) is 0 Å². The van der Waals surface area contributed by atoms with Gasteiger partial charge in [-0.05, 0) is 50.5 Å². The van der Waals surface area contributed by atoms with Crippen molar-refractivity contribution < 1.29 is 27.8 Å². The molecule has 29 heavy (non-hydrogen) atoms. The fourth-order valence-corrected chi connectivity index (χ4v) is 3.42. The smallest absolute Gasteiger partial charge is 0.416 e. The van der Waals surface area contributed by atoms with E-state index in [4.69, 9.17) is 4.74 Å². The molecule has 2 aromatic carbocycles. The highest BCUT2D eigenvalue weighted by Gasteiger charge is 2.51. The number of carbonyl (C=O) groups is 1. The number of aryl methyl sites for hydroxylation is 2. The number of aliphatic hydroxyl groups is 1. The molecule has 156 valence electrons. The Morgan fingerprint density at radius 2 is 1.83 bits per heavy atom. The summed E-state index contributed by atoms with van der Waals surface area (Å²) in [6.07, 6.45) is -4.00. The van der Waals surface area contributed by atoms with Crippen LogP contribution in [0.1, 0.15) is 35.1 Å². The number of amides is 1. The summed E-state index contributed by atoms with van der Waals surface area (Å²) >= 11 is 0. The van der Waals surface area contributed by atoms with Crippen LogP contribution in [0.2, 0.25) is 0 Å². The average Bonchev–Trinajstić information content (AvgIpc) is 3.45. The van der Waals surface area contributed by atoms with Gasteiger partial charge in [0.05, 0.1) is 11.0 Å². The third kappa shape index (κ3) is 5.09. The van der Waals surface area contributed by atoms with Crippen LogP contribution in [0.4, 0.5) is 13.2 Å². The maximum absolute atomic E-state index is 12.7. The molecule has 0 aromatic heterocycles. The standard InChI is InChI=1S/C22H24F3NO3/c1-14-8-15(2)10-17(9-14)21(6-7-21)20(28)26-12-18(27)13-29-19-5-3-4-16(11-19)22(23,24)25/h3-5,8-11,18,27H,6-7,12-13H2,1-2H3,(H,26,28). The predicted molar refractivity (Wildman–Crippen MR) is 103 cm³/mol. The van der Waals surface area contributed by atoms with Gasteiger partial charge in [0.15, 0.2) is 0 Å². The Labute approximate surface area is 167 Å². The molecule has 0 heterocycles. The van der Waals surface area contributed by atoms with Crippen LogP contribution in [0.15, 0.2) is 42.5 Å². The predicted octanol–water partition coefficient (Wildman–Crippen LogP) is 3.91. The molecular formula is C22H24F3NO3. The first-order valence-corrected chi connectivity index (χ1v) is 9.45. The first kappa shape index (κ1) is 21.2. The van der Waals surface area contributed by atoms with Crippen molar-refractivity contribution in [3.8, 4) is 5.75 Å². The molecule has 0 aliphatic heterocycles. The van der Waals surface area contributed by atoms with E-state index in [1.54, 1.807) is 0 Å². The highest BCUT2D eigenvalue weighted by molar-refractivity contribution is 5.91. The Morgan fingerprint density at radius 1 is 1.17 bits per heavy atom. The lowest BCUT2D eigenvalue weighted by molar-refractivity contribution is -0.137. The van der Waals surface area contributed by atoms with Gasteiger partial charge in [-0.3, -0.25) is 4.79 Å². The van der Waals surface area contributed by atoms with Gasteiger partial charge in [0.1, 0.15) is 18.5 Å². The molecule has 0 saturated heterocycles. The van der Waals surface area contributed by atoms with Crippen LogP contribution in [0, 0.1) is 13.8 Å². The normalized spacial score (nSPS) is 16.2. The third-order valence-corrected chi connectivity index (χ3v) is 5.06. The van der Waals surface area contributed by atoms with Gasteiger partial charge in [0.2, 0.25) is 5.91 Å². The minimum Gasteiger partial charge on any atom is -0.491 e. The number of carbonyl (C=O) groups excluding carboxylic acids is 1. The van der Waals surface area contributed by atoms with E-state index in [1.165, 1.54) is 12.1 Å². The average molecular weight is 407 g/mol. The van der Waals surface area contributed by atoms with Crippen LogP contribution in [0.5, 0.6) is 5.75 Å². The van der Waals surface area contributed by atoms with Gasteiger partial charge in [0.25, 0.3) is 0 Å². The number of alkyl halides is 3. The molecule has 1 atom stereocenters. The van der Waals surface area contributed by atoms with Crippen molar-refractivity contribution in [2.24, 2.45) is 0 Å². The van der Waals surface area contributed by atoms with Crippen LogP contribution in [-0.2, 0) is 16.4 Å². The zero-order valence-corrected chi connectivity index (χ0v) is 16.3. The lowest BCUT2D eigenvalue weighted by Gasteiger charge is -2.19. The van der Waals surface area contributed by atoms with Gasteiger partial charge in [0, 0.05) is 6.54 Å². The highest BCUT2D eigenvalue weighted by atomic mass is 19.4. The van der Waals surface area contributed by atoms with Gasteiger partial charge < -0.3 is 15.2 Å². The zero-order chi connectivity index (χ0) is 21.2. The van der Waals surface area contributed by atoms with Gasteiger partial charge in [-0.2, -0.15) is 13.2 Å². The molecule has 2 N–H and O–H groups in total. The third-order valence-electron chi connectivity index (χ3n) is 5.06. The summed E-state index contributed by atoms with van der Waals surface area (Å²) in [7, 11) is 0. The monoisotopic (exact) mass is 407 g/mol. The first-order valence-electron chi connectivity index (χ1n) is 9.45. The molecule has 1 fully saturated rings. The molecule has 0 spiro atoms. The molecule has 1 aliphatic carbocycles. The van der Waals surface area contributed by atoms with Crippen molar-refractivity contribution in [1.82, 2.24) is 5.32 Å². The fourth-order valence-electron chi connectivity index (χ4n) is 3.42. The number of aliphatic hydroxyl groups excluding tert-OH is 1. The summed E-state index contributed by atoms with van der Waals surface area (Å²) in [5.41, 5.74) is 1.78. The van der Waals surface area contributed by atoms with Crippen molar-refractivity contribution in [2.75, 3.05) is 13.2 Å². The van der Waals surface area contributed by atoms with Crippen molar-refractivity contribution in [2.45, 2.75) is 44.4 Å². The van der Waals surface area contributed by atoms with Crippen LogP contribution in [0.25, 0.3) is 0 Å². The number of ether oxygens (including phenoxy) is 1. The van der Waals surface area contributed by atoms with E-state index >= 15 is 0 Å². The molecule has 3 rings (SSSR count). The van der Waals surface area contributed by atoms with E-state index in [0.717, 1.165) is 41.7 Å². The van der Waals surface area contributed by atoms with Crippen molar-refractivity contribution in [3.05, 3.63) is 64.7 Å². The number of hydrogen-bond acceptors (Lipinski definition) is 3. The molecule has 1 amide bonds. The lowest BCUT2D eigenvalue weighted by atomic mass is 9.92. The molecule has 0 radical (unpaired) electrons. The molecule has 7 heteroatoms. The Morgan fingerprint density at radius 3 is 2.41 bits per heavy atom. The Hall–Kier alpha value is -2.54. The van der Waals surface area contributed by atoms with E-state index in [2.05, 4.69) is 5.32 Å². The van der Waals surface area contributed by atoms with E-state index in [0.29, 0.717) is 0 Å². The summed E-state index contributed by atoms with van der Waals surface area (Å²) in [6.45, 7) is 3.71. The summed E-state index contributed by atoms with van der Waals surface area (Å²) in [5.74, 6) is -0.139. The van der Waals surface area contributed by atoms with Crippen LogP contribution in [-0.4, -0.2) is 30.3 Å². The van der Waals surface area contributed by atoms with Crippen LogP contribution >= 0.6 is 0 Å². The minimum absolute atomic E-state index is 0.0131. The topological polar surface area (TPSA) is 58.6 Å². The van der Waals surface area contributed by atoms with E-state index in [1.807, 2.05) is 32.0 Å². The number of rotatable bonds is 7. The second kappa shape index (κ2) is 8.06. The molecule has 1 aliphatic rings. The fraction of sp³-hybridized carbons (Fsp3) is 0.409. The van der Waals surface area contributed by atoms with Gasteiger partial charge in [-0.15, -0.1) is 0 Å². The maximum atomic E-state index is 12.7. The van der Waals surface area contributed by atoms with E-state index < -0.39 is 23.3 Å². The Balaban J connectivity index is 1.53. The van der Waals surface area contributed by atoms with E-state index in [-0.39, 0.29) is 24.8 Å². The molecule has 1 unspecified atom stereocenters. The Bertz CT molecular complexity index is 871.